The van der Waals surface area contributed by atoms with Gasteiger partial charge >= 0.3 is 0 Å². The predicted molar refractivity (Wildman–Crippen MR) is 124 cm³/mol. The number of benzene rings is 3. The number of allylic oxidation sites excluding steroid dienone is 2. The molecule has 4 aromatic rings. The summed E-state index contributed by atoms with van der Waals surface area (Å²) < 4.78 is 28.5. The first kappa shape index (κ1) is 18.5. The zero-order valence-electron chi connectivity index (χ0n) is 16.8. The minimum atomic E-state index is -3.69. The second-order valence-corrected chi connectivity index (χ2v) is 10.1. The standard InChI is InChI=1S/C26H22N2O2S/c29-31(30,18-9-2-1-3-10-18)28-17-23(21-12-5-7-16-25(21)28)26-22-14-8-13-19(22)20-11-4-6-15-24(20)27-26/h1-13,15-17,19,22,26-27H,14H2. The van der Waals surface area contributed by atoms with Gasteiger partial charge in [-0.3, -0.25) is 0 Å². The van der Waals surface area contributed by atoms with Gasteiger partial charge in [-0.05, 0) is 42.2 Å². The molecule has 1 aromatic heterocycles. The van der Waals surface area contributed by atoms with Gasteiger partial charge in [0.2, 0.25) is 0 Å². The zero-order chi connectivity index (χ0) is 21.0. The summed E-state index contributed by atoms with van der Waals surface area (Å²) in [7, 11) is -3.69. The van der Waals surface area contributed by atoms with Crippen LogP contribution in [-0.4, -0.2) is 12.4 Å². The molecule has 0 amide bonds. The molecule has 6 rings (SSSR count). The average Bonchev–Trinajstić information content (AvgIpc) is 3.45. The Morgan fingerprint density at radius 1 is 0.839 bits per heavy atom. The molecule has 1 aliphatic carbocycles. The molecule has 0 spiro atoms. The van der Waals surface area contributed by atoms with Crippen LogP contribution in [-0.2, 0) is 10.0 Å². The van der Waals surface area contributed by atoms with Crippen molar-refractivity contribution in [2.45, 2.75) is 23.3 Å². The van der Waals surface area contributed by atoms with Crippen LogP contribution in [0.25, 0.3) is 10.9 Å². The van der Waals surface area contributed by atoms with Gasteiger partial charge in [-0.1, -0.05) is 66.7 Å². The number of anilines is 1. The van der Waals surface area contributed by atoms with Gasteiger partial charge in [-0.2, -0.15) is 0 Å². The largest absolute Gasteiger partial charge is 0.378 e. The van der Waals surface area contributed by atoms with Crippen molar-refractivity contribution in [3.05, 3.63) is 108 Å². The van der Waals surface area contributed by atoms with Crippen LogP contribution >= 0.6 is 0 Å². The van der Waals surface area contributed by atoms with Crippen LogP contribution in [0.3, 0.4) is 0 Å². The van der Waals surface area contributed by atoms with Crippen molar-refractivity contribution >= 4 is 26.6 Å². The fourth-order valence-electron chi connectivity index (χ4n) is 5.18. The Morgan fingerprint density at radius 3 is 2.45 bits per heavy atom. The molecule has 2 aliphatic rings. The van der Waals surface area contributed by atoms with Crippen LogP contribution in [0.1, 0.15) is 29.5 Å². The minimum absolute atomic E-state index is 0.0343. The van der Waals surface area contributed by atoms with Crippen molar-refractivity contribution in [2.75, 3.05) is 5.32 Å². The van der Waals surface area contributed by atoms with Crippen LogP contribution in [0.4, 0.5) is 5.69 Å². The average molecular weight is 427 g/mol. The molecule has 2 heterocycles. The number of rotatable bonds is 3. The van der Waals surface area contributed by atoms with Gasteiger partial charge in [0.15, 0.2) is 0 Å². The number of nitrogens with one attached hydrogen (secondary N) is 1. The number of fused-ring (bicyclic) bond motifs is 4. The lowest BCUT2D eigenvalue weighted by Gasteiger charge is -2.37. The molecule has 0 fully saturated rings. The fraction of sp³-hybridized carbons (Fsp3) is 0.154. The summed E-state index contributed by atoms with van der Waals surface area (Å²) in [6, 6.07) is 24.9. The molecule has 31 heavy (non-hydrogen) atoms. The summed E-state index contributed by atoms with van der Waals surface area (Å²) in [6.45, 7) is 0. The van der Waals surface area contributed by atoms with Crippen molar-refractivity contribution < 1.29 is 8.42 Å². The SMILES string of the molecule is O=S(=O)(c1ccccc1)n1cc(C2Nc3ccccc3C3C=CCC32)c2ccccc21. The number of hydrogen-bond donors (Lipinski definition) is 1. The van der Waals surface area contributed by atoms with Crippen molar-refractivity contribution in [3.8, 4) is 0 Å². The summed E-state index contributed by atoms with van der Waals surface area (Å²) in [5.41, 5.74) is 4.19. The molecule has 0 radical (unpaired) electrons. The first-order valence-electron chi connectivity index (χ1n) is 10.6. The Balaban J connectivity index is 1.54. The van der Waals surface area contributed by atoms with Gasteiger partial charge < -0.3 is 5.32 Å². The lowest BCUT2D eigenvalue weighted by atomic mass is 9.77. The highest BCUT2D eigenvalue weighted by Gasteiger charge is 2.39. The van der Waals surface area contributed by atoms with E-state index in [1.807, 2.05) is 42.6 Å². The Hall–Kier alpha value is -3.31. The summed E-state index contributed by atoms with van der Waals surface area (Å²) in [4.78, 5) is 0.296. The third-order valence-electron chi connectivity index (χ3n) is 6.62. The van der Waals surface area contributed by atoms with E-state index in [1.165, 1.54) is 9.54 Å². The van der Waals surface area contributed by atoms with E-state index in [0.717, 1.165) is 23.1 Å². The molecule has 0 saturated carbocycles. The van der Waals surface area contributed by atoms with E-state index in [1.54, 1.807) is 24.3 Å². The van der Waals surface area contributed by atoms with E-state index < -0.39 is 10.0 Å². The highest BCUT2D eigenvalue weighted by Crippen LogP contribution is 2.51. The van der Waals surface area contributed by atoms with Crippen LogP contribution in [0.5, 0.6) is 0 Å². The maximum Gasteiger partial charge on any atom is 0.268 e. The molecule has 5 heteroatoms. The molecule has 3 unspecified atom stereocenters. The minimum Gasteiger partial charge on any atom is -0.378 e. The maximum atomic E-state index is 13.5. The Bertz CT molecular complexity index is 1420. The smallest absolute Gasteiger partial charge is 0.268 e. The molecular formula is C26H22N2O2S. The number of nitrogens with zero attached hydrogens (tertiary/aromatic N) is 1. The maximum absolute atomic E-state index is 13.5. The van der Waals surface area contributed by atoms with Gasteiger partial charge in [0.25, 0.3) is 10.0 Å². The summed E-state index contributed by atoms with van der Waals surface area (Å²) >= 11 is 0. The van der Waals surface area contributed by atoms with Crippen LogP contribution < -0.4 is 5.32 Å². The van der Waals surface area contributed by atoms with E-state index in [0.29, 0.717) is 22.2 Å². The van der Waals surface area contributed by atoms with Gasteiger partial charge in [0.1, 0.15) is 0 Å². The van der Waals surface area contributed by atoms with Crippen molar-refractivity contribution in [1.82, 2.24) is 3.97 Å². The van der Waals surface area contributed by atoms with Crippen LogP contribution in [0, 0.1) is 5.92 Å². The molecule has 0 saturated heterocycles. The zero-order valence-corrected chi connectivity index (χ0v) is 17.7. The van der Waals surface area contributed by atoms with E-state index in [4.69, 9.17) is 0 Å². The molecule has 3 atom stereocenters. The van der Waals surface area contributed by atoms with Gasteiger partial charge in [0, 0.05) is 28.8 Å². The normalized spacial score (nSPS) is 22.1. The molecular weight excluding hydrogens is 404 g/mol. The second kappa shape index (κ2) is 6.86. The lowest BCUT2D eigenvalue weighted by molar-refractivity contribution is 0.427. The van der Waals surface area contributed by atoms with Crippen LogP contribution in [0.15, 0.2) is 102 Å². The quantitative estimate of drug-likeness (QED) is 0.427. The van der Waals surface area contributed by atoms with E-state index in [2.05, 4.69) is 35.7 Å². The third kappa shape index (κ3) is 2.77. The molecule has 1 aliphatic heterocycles. The Morgan fingerprint density at radius 2 is 1.58 bits per heavy atom. The fourth-order valence-corrected chi connectivity index (χ4v) is 6.58. The molecule has 1 N–H and O–H groups in total. The highest BCUT2D eigenvalue weighted by molar-refractivity contribution is 7.90. The summed E-state index contributed by atoms with van der Waals surface area (Å²) in [6.07, 6.45) is 7.36. The van der Waals surface area contributed by atoms with Crippen molar-refractivity contribution in [2.24, 2.45) is 5.92 Å². The number of para-hydroxylation sites is 2. The predicted octanol–water partition coefficient (Wildman–Crippen LogP) is 5.70. The van der Waals surface area contributed by atoms with Crippen LogP contribution in [0.2, 0.25) is 0 Å². The third-order valence-corrected chi connectivity index (χ3v) is 8.30. The van der Waals surface area contributed by atoms with E-state index in [-0.39, 0.29) is 6.04 Å². The molecule has 0 bridgehead atoms. The lowest BCUT2D eigenvalue weighted by Crippen LogP contribution is -2.28. The summed E-state index contributed by atoms with van der Waals surface area (Å²) in [5.74, 6) is 0.698. The number of hydrogen-bond acceptors (Lipinski definition) is 3. The van der Waals surface area contributed by atoms with E-state index in [9.17, 15) is 8.42 Å². The first-order valence-corrected chi connectivity index (χ1v) is 12.0. The summed E-state index contributed by atoms with van der Waals surface area (Å²) in [5, 5.41) is 4.71. The van der Waals surface area contributed by atoms with Crippen molar-refractivity contribution in [3.63, 3.8) is 0 Å². The van der Waals surface area contributed by atoms with Crippen molar-refractivity contribution in [1.29, 1.82) is 0 Å². The highest BCUT2D eigenvalue weighted by atomic mass is 32.2. The van der Waals surface area contributed by atoms with Gasteiger partial charge in [-0.15, -0.1) is 0 Å². The molecule has 154 valence electrons. The Kier molecular flexibility index (Phi) is 4.08. The van der Waals surface area contributed by atoms with Gasteiger partial charge in [0.05, 0.1) is 16.5 Å². The first-order chi connectivity index (χ1) is 15.1. The second-order valence-electron chi connectivity index (χ2n) is 8.28. The topological polar surface area (TPSA) is 51.1 Å². The van der Waals surface area contributed by atoms with Gasteiger partial charge in [-0.25, -0.2) is 12.4 Å². The Labute approximate surface area is 181 Å². The molecule has 4 nitrogen and oxygen atoms in total. The number of aromatic nitrogens is 1. The molecule has 3 aromatic carbocycles. The van der Waals surface area contributed by atoms with E-state index >= 15 is 0 Å². The monoisotopic (exact) mass is 426 g/mol.